The number of nitrogens with one attached hydrogen (secondary N) is 2. The van der Waals surface area contributed by atoms with E-state index in [2.05, 4.69) is 34.6 Å². The van der Waals surface area contributed by atoms with Crippen LogP contribution in [0.2, 0.25) is 0 Å². The van der Waals surface area contributed by atoms with Crippen LogP contribution in [-0.4, -0.2) is 38.1 Å². The van der Waals surface area contributed by atoms with Gasteiger partial charge < -0.3 is 15.5 Å². The highest BCUT2D eigenvalue weighted by Crippen LogP contribution is 2.22. The first kappa shape index (κ1) is 21.0. The summed E-state index contributed by atoms with van der Waals surface area (Å²) in [6.07, 6.45) is 2.89. The number of nitrogens with zero attached hydrogens (tertiary/aromatic N) is 1. The third-order valence-electron chi connectivity index (χ3n) is 4.21. The first-order valence-electron chi connectivity index (χ1n) is 7.47. The van der Waals surface area contributed by atoms with Crippen molar-refractivity contribution >= 4 is 36.4 Å². The van der Waals surface area contributed by atoms with Gasteiger partial charge in [0, 0.05) is 25.8 Å². The van der Waals surface area contributed by atoms with E-state index in [1.165, 1.54) is 5.69 Å². The Kier molecular flexibility index (Phi) is 9.49. The average Bonchev–Trinajstić information content (AvgIpc) is 2.98. The number of benzene rings is 1. The predicted molar refractivity (Wildman–Crippen MR) is 97.5 cm³/mol. The minimum absolute atomic E-state index is 0. The Balaban J connectivity index is 0.00000220. The lowest BCUT2D eigenvalue weighted by Crippen LogP contribution is -2.54. The Morgan fingerprint density at radius 1 is 1.32 bits per heavy atom. The highest BCUT2D eigenvalue weighted by molar-refractivity contribution is 5.86. The molecule has 1 unspecified atom stereocenters. The Morgan fingerprint density at radius 2 is 2.00 bits per heavy atom. The number of likely N-dealkylation sites (N-methyl/N-ethyl adjacent to an activating group) is 1. The van der Waals surface area contributed by atoms with E-state index >= 15 is 0 Å². The molecule has 1 aliphatic heterocycles. The van der Waals surface area contributed by atoms with Crippen LogP contribution in [0.1, 0.15) is 26.2 Å². The van der Waals surface area contributed by atoms with Gasteiger partial charge in [0.2, 0.25) is 5.91 Å². The fourth-order valence-electron chi connectivity index (χ4n) is 2.78. The summed E-state index contributed by atoms with van der Waals surface area (Å²) in [6.45, 7) is 4.52. The van der Waals surface area contributed by atoms with Gasteiger partial charge >= 0.3 is 0 Å². The molecule has 6 heteroatoms. The topological polar surface area (TPSA) is 44.4 Å². The third kappa shape index (κ3) is 5.04. The molecule has 22 heavy (non-hydrogen) atoms. The minimum atomic E-state index is -0.328. The summed E-state index contributed by atoms with van der Waals surface area (Å²) in [5.74, 6) is 0.152. The number of para-hydroxylation sites is 1. The van der Waals surface area contributed by atoms with E-state index in [9.17, 15) is 4.79 Å². The van der Waals surface area contributed by atoms with E-state index in [-0.39, 0.29) is 36.3 Å². The van der Waals surface area contributed by atoms with Crippen molar-refractivity contribution in [3.63, 3.8) is 0 Å². The highest BCUT2D eigenvalue weighted by Gasteiger charge is 2.38. The molecule has 0 aromatic heterocycles. The molecule has 1 aliphatic rings. The lowest BCUT2D eigenvalue weighted by molar-refractivity contribution is -0.127. The van der Waals surface area contributed by atoms with Crippen molar-refractivity contribution < 1.29 is 4.79 Å². The largest absolute Gasteiger partial charge is 0.373 e. The smallest absolute Gasteiger partial charge is 0.240 e. The Labute approximate surface area is 145 Å². The van der Waals surface area contributed by atoms with Crippen LogP contribution in [-0.2, 0) is 4.79 Å². The number of rotatable bonds is 6. The quantitative estimate of drug-likeness (QED) is 0.831. The first-order valence-corrected chi connectivity index (χ1v) is 7.47. The van der Waals surface area contributed by atoms with Gasteiger partial charge in [0.1, 0.15) is 0 Å². The fraction of sp³-hybridized carbons (Fsp3) is 0.562. The molecule has 0 bridgehead atoms. The first-order chi connectivity index (χ1) is 9.68. The van der Waals surface area contributed by atoms with E-state index in [0.29, 0.717) is 6.54 Å². The van der Waals surface area contributed by atoms with Crippen LogP contribution < -0.4 is 15.5 Å². The minimum Gasteiger partial charge on any atom is -0.373 e. The SMILES string of the molecule is CCC1(C(=O)NCCN(C)c2ccccc2)CCCN1.Cl.Cl. The lowest BCUT2D eigenvalue weighted by atomic mass is 9.93. The van der Waals surface area contributed by atoms with Crippen molar-refractivity contribution in [3.05, 3.63) is 30.3 Å². The molecule has 0 spiro atoms. The summed E-state index contributed by atoms with van der Waals surface area (Å²) < 4.78 is 0. The number of hydrogen-bond donors (Lipinski definition) is 2. The van der Waals surface area contributed by atoms with Crippen molar-refractivity contribution in [3.8, 4) is 0 Å². The molecule has 126 valence electrons. The molecule has 1 amide bonds. The van der Waals surface area contributed by atoms with Gasteiger partial charge in [-0.05, 0) is 37.9 Å². The Bertz CT molecular complexity index is 436. The van der Waals surface area contributed by atoms with Gasteiger partial charge in [0.15, 0.2) is 0 Å². The molecular weight excluding hydrogens is 321 g/mol. The Morgan fingerprint density at radius 3 is 2.55 bits per heavy atom. The third-order valence-corrected chi connectivity index (χ3v) is 4.21. The van der Waals surface area contributed by atoms with Crippen LogP contribution in [0.4, 0.5) is 5.69 Å². The second-order valence-electron chi connectivity index (χ2n) is 5.48. The summed E-state index contributed by atoms with van der Waals surface area (Å²) in [4.78, 5) is 14.5. The highest BCUT2D eigenvalue weighted by atomic mass is 35.5. The van der Waals surface area contributed by atoms with Gasteiger partial charge in [-0.25, -0.2) is 0 Å². The zero-order valence-corrected chi connectivity index (χ0v) is 14.9. The summed E-state index contributed by atoms with van der Waals surface area (Å²) in [5.41, 5.74) is 0.844. The lowest BCUT2D eigenvalue weighted by Gasteiger charge is -2.27. The zero-order chi connectivity index (χ0) is 14.4. The van der Waals surface area contributed by atoms with Crippen molar-refractivity contribution in [1.29, 1.82) is 0 Å². The van der Waals surface area contributed by atoms with E-state index in [1.54, 1.807) is 0 Å². The molecule has 1 saturated heterocycles. The number of hydrogen-bond acceptors (Lipinski definition) is 3. The van der Waals surface area contributed by atoms with Gasteiger partial charge in [-0.3, -0.25) is 4.79 Å². The van der Waals surface area contributed by atoms with Crippen molar-refractivity contribution in [2.24, 2.45) is 0 Å². The zero-order valence-electron chi connectivity index (χ0n) is 13.3. The molecule has 0 radical (unpaired) electrons. The molecule has 2 N–H and O–H groups in total. The second kappa shape index (κ2) is 9.93. The molecule has 1 heterocycles. The Hall–Kier alpha value is -0.970. The van der Waals surface area contributed by atoms with Crippen LogP contribution in [0, 0.1) is 0 Å². The van der Waals surface area contributed by atoms with Gasteiger partial charge in [0.05, 0.1) is 5.54 Å². The maximum atomic E-state index is 12.3. The average molecular weight is 348 g/mol. The summed E-state index contributed by atoms with van der Waals surface area (Å²) in [6, 6.07) is 10.2. The van der Waals surface area contributed by atoms with Gasteiger partial charge in [-0.15, -0.1) is 24.8 Å². The van der Waals surface area contributed by atoms with Gasteiger partial charge in [-0.2, -0.15) is 0 Å². The maximum absolute atomic E-state index is 12.3. The van der Waals surface area contributed by atoms with Gasteiger partial charge in [-0.1, -0.05) is 25.1 Å². The number of anilines is 1. The predicted octanol–water partition coefficient (Wildman–Crippen LogP) is 2.61. The van der Waals surface area contributed by atoms with Crippen LogP contribution >= 0.6 is 24.8 Å². The molecule has 1 aromatic carbocycles. The number of carbonyl (C=O) groups is 1. The van der Waals surface area contributed by atoms with Gasteiger partial charge in [0.25, 0.3) is 0 Å². The molecule has 1 fully saturated rings. The second-order valence-corrected chi connectivity index (χ2v) is 5.48. The summed E-state index contributed by atoms with van der Waals surface area (Å²) >= 11 is 0. The monoisotopic (exact) mass is 347 g/mol. The van der Waals surface area contributed by atoms with Crippen molar-refractivity contribution in [1.82, 2.24) is 10.6 Å². The van der Waals surface area contributed by atoms with Crippen molar-refractivity contribution in [2.75, 3.05) is 31.6 Å². The number of carbonyl (C=O) groups excluding carboxylic acids is 1. The molecule has 0 saturated carbocycles. The van der Waals surface area contributed by atoms with Crippen LogP contribution in [0.3, 0.4) is 0 Å². The number of halogens is 2. The summed E-state index contributed by atoms with van der Waals surface area (Å²) in [5, 5.41) is 6.44. The molecule has 1 atom stereocenters. The fourth-order valence-corrected chi connectivity index (χ4v) is 2.78. The normalized spacial score (nSPS) is 19.7. The molecule has 4 nitrogen and oxygen atoms in total. The molecular formula is C16H27Cl2N3O. The van der Waals surface area contributed by atoms with E-state index < -0.39 is 0 Å². The van der Waals surface area contributed by atoms with E-state index in [1.807, 2.05) is 25.2 Å². The van der Waals surface area contributed by atoms with E-state index in [0.717, 1.165) is 32.4 Å². The molecule has 2 rings (SSSR count). The van der Waals surface area contributed by atoms with Crippen LogP contribution in [0.15, 0.2) is 30.3 Å². The maximum Gasteiger partial charge on any atom is 0.240 e. The van der Waals surface area contributed by atoms with Crippen molar-refractivity contribution in [2.45, 2.75) is 31.7 Å². The van der Waals surface area contributed by atoms with Crippen LogP contribution in [0.5, 0.6) is 0 Å². The molecule has 1 aromatic rings. The number of amides is 1. The summed E-state index contributed by atoms with van der Waals surface area (Å²) in [7, 11) is 2.05. The molecule has 0 aliphatic carbocycles. The standard InChI is InChI=1S/C16H25N3O.2ClH/c1-3-16(10-7-11-18-16)15(20)17-12-13-19(2)14-8-5-4-6-9-14;;/h4-6,8-9,18H,3,7,10-13H2,1-2H3,(H,17,20);2*1H. The van der Waals surface area contributed by atoms with E-state index in [4.69, 9.17) is 0 Å². The van der Waals surface area contributed by atoms with Crippen LogP contribution in [0.25, 0.3) is 0 Å².